The van der Waals surface area contributed by atoms with Gasteiger partial charge in [-0.25, -0.2) is 15.0 Å². The van der Waals surface area contributed by atoms with E-state index in [-0.39, 0.29) is 5.92 Å². The van der Waals surface area contributed by atoms with Crippen LogP contribution in [0.4, 0.5) is 0 Å². The SMILES string of the molecule is C1=CC(c2cc(-c3nc(-c4ccccc4)nc(-c4ccc5ccc6ccccc6c5c4)n3)c3c(c2)oc2ccccc23)Cc2ccccc21. The molecule has 0 saturated heterocycles. The summed E-state index contributed by atoms with van der Waals surface area (Å²) < 4.78 is 6.54. The normalized spacial score (nSPS) is 14.2. The molecule has 0 saturated carbocycles. The van der Waals surface area contributed by atoms with Crippen molar-refractivity contribution in [3.8, 4) is 34.2 Å². The molecular weight excluding hydrogens is 599 g/mol. The van der Waals surface area contributed by atoms with Gasteiger partial charge in [-0.3, -0.25) is 0 Å². The van der Waals surface area contributed by atoms with E-state index in [0.717, 1.165) is 45.0 Å². The molecule has 9 aromatic rings. The number of aromatic nitrogens is 3. The van der Waals surface area contributed by atoms with E-state index in [1.165, 1.54) is 38.2 Å². The van der Waals surface area contributed by atoms with E-state index in [9.17, 15) is 0 Å². The predicted molar refractivity (Wildman–Crippen MR) is 200 cm³/mol. The van der Waals surface area contributed by atoms with Gasteiger partial charge in [0.15, 0.2) is 17.5 Å². The minimum atomic E-state index is 0.190. The molecule has 230 valence electrons. The lowest BCUT2D eigenvalue weighted by molar-refractivity contribution is 0.667. The quantitative estimate of drug-likeness (QED) is 0.182. The molecular formula is C45H29N3O. The fourth-order valence-electron chi connectivity index (χ4n) is 7.39. The Morgan fingerprint density at radius 3 is 2.10 bits per heavy atom. The minimum Gasteiger partial charge on any atom is -0.456 e. The molecule has 4 heteroatoms. The summed E-state index contributed by atoms with van der Waals surface area (Å²) in [6, 6.07) is 50.9. The average Bonchev–Trinajstić information content (AvgIpc) is 3.56. The second kappa shape index (κ2) is 11.1. The van der Waals surface area contributed by atoms with E-state index in [1.54, 1.807) is 0 Å². The predicted octanol–water partition coefficient (Wildman–Crippen LogP) is 11.4. The Kier molecular flexibility index (Phi) is 6.28. The summed E-state index contributed by atoms with van der Waals surface area (Å²) in [5, 5.41) is 6.83. The fraction of sp³-hybridized carbons (Fsp3) is 0.0444. The Bertz CT molecular complexity index is 2760. The molecule has 10 rings (SSSR count). The van der Waals surface area contributed by atoms with Gasteiger partial charge >= 0.3 is 0 Å². The number of fused-ring (bicyclic) bond motifs is 7. The van der Waals surface area contributed by atoms with Crippen LogP contribution in [-0.4, -0.2) is 15.0 Å². The van der Waals surface area contributed by atoms with Gasteiger partial charge in [0, 0.05) is 33.4 Å². The number of furan rings is 1. The summed E-state index contributed by atoms with van der Waals surface area (Å²) in [7, 11) is 0. The zero-order valence-electron chi connectivity index (χ0n) is 26.5. The van der Waals surface area contributed by atoms with Crippen molar-refractivity contribution in [1.82, 2.24) is 15.0 Å². The first-order valence-corrected chi connectivity index (χ1v) is 16.7. The Balaban J connectivity index is 1.22. The highest BCUT2D eigenvalue weighted by Gasteiger charge is 2.23. The van der Waals surface area contributed by atoms with Gasteiger partial charge < -0.3 is 4.42 Å². The zero-order valence-corrected chi connectivity index (χ0v) is 26.5. The van der Waals surface area contributed by atoms with Crippen molar-refractivity contribution >= 4 is 49.6 Å². The Hall–Kier alpha value is -6.39. The topological polar surface area (TPSA) is 51.8 Å². The van der Waals surface area contributed by atoms with E-state index in [1.807, 2.05) is 30.3 Å². The summed E-state index contributed by atoms with van der Waals surface area (Å²) in [4.78, 5) is 15.5. The van der Waals surface area contributed by atoms with Gasteiger partial charge in [-0.1, -0.05) is 133 Å². The maximum Gasteiger partial charge on any atom is 0.164 e. The maximum atomic E-state index is 6.54. The number of allylic oxidation sites excluding steroid dienone is 1. The van der Waals surface area contributed by atoms with E-state index < -0.39 is 0 Å². The van der Waals surface area contributed by atoms with Crippen LogP contribution in [0.15, 0.2) is 156 Å². The third-order valence-electron chi connectivity index (χ3n) is 9.85. The van der Waals surface area contributed by atoms with Crippen LogP contribution in [0.1, 0.15) is 22.6 Å². The van der Waals surface area contributed by atoms with Crippen LogP contribution < -0.4 is 0 Å². The van der Waals surface area contributed by atoms with Crippen molar-refractivity contribution in [3.63, 3.8) is 0 Å². The van der Waals surface area contributed by atoms with Crippen molar-refractivity contribution in [2.24, 2.45) is 0 Å². The summed E-state index contributed by atoms with van der Waals surface area (Å²) in [5.41, 5.74) is 8.31. The van der Waals surface area contributed by atoms with Crippen LogP contribution in [0.5, 0.6) is 0 Å². The van der Waals surface area contributed by atoms with E-state index >= 15 is 0 Å². The number of rotatable bonds is 4. The summed E-state index contributed by atoms with van der Waals surface area (Å²) in [6.07, 6.45) is 5.47. The molecule has 49 heavy (non-hydrogen) atoms. The molecule has 1 unspecified atom stereocenters. The van der Waals surface area contributed by atoms with Gasteiger partial charge in [0.2, 0.25) is 0 Å². The molecule has 1 aliphatic rings. The molecule has 2 heterocycles. The van der Waals surface area contributed by atoms with Gasteiger partial charge in [-0.05, 0) is 68.9 Å². The third kappa shape index (κ3) is 4.72. The zero-order chi connectivity index (χ0) is 32.3. The number of nitrogens with zero attached hydrogens (tertiary/aromatic N) is 3. The smallest absolute Gasteiger partial charge is 0.164 e. The lowest BCUT2D eigenvalue weighted by Crippen LogP contribution is -2.06. The first-order chi connectivity index (χ1) is 24.2. The largest absolute Gasteiger partial charge is 0.456 e. The number of hydrogen-bond donors (Lipinski definition) is 0. The van der Waals surface area contributed by atoms with Gasteiger partial charge in [-0.15, -0.1) is 0 Å². The molecule has 2 aromatic heterocycles. The Morgan fingerprint density at radius 1 is 0.510 bits per heavy atom. The van der Waals surface area contributed by atoms with Gasteiger partial charge in [0.05, 0.1) is 0 Å². The van der Waals surface area contributed by atoms with Crippen molar-refractivity contribution < 1.29 is 4.42 Å². The second-order valence-electron chi connectivity index (χ2n) is 12.8. The van der Waals surface area contributed by atoms with E-state index in [0.29, 0.717) is 17.5 Å². The number of benzene rings is 7. The van der Waals surface area contributed by atoms with Crippen LogP contribution in [0.3, 0.4) is 0 Å². The Labute approximate surface area is 283 Å². The molecule has 4 nitrogen and oxygen atoms in total. The molecule has 0 fully saturated rings. The van der Waals surface area contributed by atoms with Crippen molar-refractivity contribution in [3.05, 3.63) is 168 Å². The first-order valence-electron chi connectivity index (χ1n) is 16.7. The molecule has 1 aliphatic carbocycles. The molecule has 0 aliphatic heterocycles. The van der Waals surface area contributed by atoms with Crippen LogP contribution >= 0.6 is 0 Å². The molecule has 0 bridgehead atoms. The van der Waals surface area contributed by atoms with Crippen LogP contribution in [0.2, 0.25) is 0 Å². The third-order valence-corrected chi connectivity index (χ3v) is 9.85. The van der Waals surface area contributed by atoms with Crippen molar-refractivity contribution in [2.45, 2.75) is 12.3 Å². The highest BCUT2D eigenvalue weighted by molar-refractivity contribution is 6.12. The Morgan fingerprint density at radius 2 is 1.20 bits per heavy atom. The van der Waals surface area contributed by atoms with Gasteiger partial charge in [-0.2, -0.15) is 0 Å². The van der Waals surface area contributed by atoms with Crippen molar-refractivity contribution in [1.29, 1.82) is 0 Å². The molecule has 0 radical (unpaired) electrons. The fourth-order valence-corrected chi connectivity index (χ4v) is 7.39. The number of hydrogen-bond acceptors (Lipinski definition) is 4. The molecule has 0 N–H and O–H groups in total. The van der Waals surface area contributed by atoms with E-state index in [4.69, 9.17) is 19.4 Å². The molecule has 1 atom stereocenters. The maximum absolute atomic E-state index is 6.54. The lowest BCUT2D eigenvalue weighted by atomic mass is 9.84. The molecule has 0 amide bonds. The second-order valence-corrected chi connectivity index (χ2v) is 12.8. The van der Waals surface area contributed by atoms with Crippen LogP contribution in [-0.2, 0) is 6.42 Å². The van der Waals surface area contributed by atoms with Gasteiger partial charge in [0.25, 0.3) is 0 Å². The van der Waals surface area contributed by atoms with Crippen molar-refractivity contribution in [2.75, 3.05) is 0 Å². The van der Waals surface area contributed by atoms with Crippen LogP contribution in [0, 0.1) is 0 Å². The van der Waals surface area contributed by atoms with Gasteiger partial charge in [0.1, 0.15) is 11.2 Å². The first kappa shape index (κ1) is 27.7. The monoisotopic (exact) mass is 627 g/mol. The lowest BCUT2D eigenvalue weighted by Gasteiger charge is -2.20. The standard InChI is InChI=1S/C45H29N3O/c1-2-12-31(13-3-1)43-46-44(34-23-21-30-20-19-29-11-6-7-15-36(29)38(30)25-34)48-45(47-43)39-26-35(33-22-18-28-10-4-5-14-32(28)24-33)27-41-42(39)37-16-8-9-17-40(37)49-41/h1-23,25-27,33H,24H2. The summed E-state index contributed by atoms with van der Waals surface area (Å²) >= 11 is 0. The molecule has 7 aromatic carbocycles. The minimum absolute atomic E-state index is 0.190. The highest BCUT2D eigenvalue weighted by atomic mass is 16.3. The van der Waals surface area contributed by atoms with E-state index in [2.05, 4.69) is 127 Å². The molecule has 0 spiro atoms. The number of para-hydroxylation sites is 1. The average molecular weight is 628 g/mol. The summed E-state index contributed by atoms with van der Waals surface area (Å²) in [6.45, 7) is 0. The summed E-state index contributed by atoms with van der Waals surface area (Å²) in [5.74, 6) is 2.09. The highest BCUT2D eigenvalue weighted by Crippen LogP contribution is 2.41. The van der Waals surface area contributed by atoms with Crippen LogP contribution in [0.25, 0.3) is 83.7 Å².